The average Bonchev–Trinajstić information content (AvgIpc) is 3.04. The minimum Gasteiger partial charge on any atom is -0.497 e. The molecule has 1 aromatic heterocycles. The smallest absolute Gasteiger partial charge is 0.274 e. The molecule has 2 aromatic rings. The second-order valence-corrected chi connectivity index (χ2v) is 5.48. The summed E-state index contributed by atoms with van der Waals surface area (Å²) in [6, 6.07) is 7.99. The Morgan fingerprint density at radius 1 is 1.32 bits per heavy atom. The number of hydrogen-bond donors (Lipinski definition) is 0. The van der Waals surface area contributed by atoms with Crippen LogP contribution in [0.3, 0.4) is 0 Å². The van der Waals surface area contributed by atoms with E-state index >= 15 is 0 Å². The molecule has 1 fully saturated rings. The van der Waals surface area contributed by atoms with Gasteiger partial charge in [-0.2, -0.15) is 0 Å². The van der Waals surface area contributed by atoms with Crippen molar-refractivity contribution in [2.75, 3.05) is 13.7 Å². The van der Waals surface area contributed by atoms with E-state index < -0.39 is 0 Å². The van der Waals surface area contributed by atoms with Crippen LogP contribution in [0.5, 0.6) is 5.75 Å². The van der Waals surface area contributed by atoms with Crippen LogP contribution >= 0.6 is 0 Å². The van der Waals surface area contributed by atoms with Crippen molar-refractivity contribution in [2.45, 2.75) is 25.8 Å². The Kier molecular flexibility index (Phi) is 4.04. The van der Waals surface area contributed by atoms with Crippen molar-refractivity contribution >= 4 is 5.91 Å². The van der Waals surface area contributed by atoms with Crippen LogP contribution in [0.2, 0.25) is 0 Å². The number of carbonyl (C=O) groups is 1. The minimum absolute atomic E-state index is 0.0576. The maximum absolute atomic E-state index is 12.7. The van der Waals surface area contributed by atoms with Crippen LogP contribution < -0.4 is 4.74 Å². The van der Waals surface area contributed by atoms with Crippen LogP contribution in [0.4, 0.5) is 0 Å². The van der Waals surface area contributed by atoms with E-state index in [0.29, 0.717) is 5.69 Å². The van der Waals surface area contributed by atoms with Gasteiger partial charge < -0.3 is 9.64 Å². The predicted molar refractivity (Wildman–Crippen MR) is 82.8 cm³/mol. The zero-order valence-corrected chi connectivity index (χ0v) is 12.8. The Morgan fingerprint density at radius 2 is 2.18 bits per heavy atom. The van der Waals surface area contributed by atoms with Crippen molar-refractivity contribution < 1.29 is 9.53 Å². The third kappa shape index (κ3) is 2.79. The topological polar surface area (TPSA) is 55.3 Å². The van der Waals surface area contributed by atoms with Crippen LogP contribution in [0.15, 0.2) is 36.7 Å². The van der Waals surface area contributed by atoms with Gasteiger partial charge in [0.05, 0.1) is 25.0 Å². The third-order valence-corrected chi connectivity index (χ3v) is 3.99. The molecule has 0 aliphatic carbocycles. The first kappa shape index (κ1) is 14.5. The van der Waals surface area contributed by atoms with Gasteiger partial charge in [-0.25, -0.2) is 4.98 Å². The number of likely N-dealkylation sites (tertiary alicyclic amines) is 1. The number of hydrogen-bond acceptors (Lipinski definition) is 4. The van der Waals surface area contributed by atoms with Gasteiger partial charge in [0.15, 0.2) is 0 Å². The Morgan fingerprint density at radius 3 is 2.91 bits per heavy atom. The quantitative estimate of drug-likeness (QED) is 0.874. The van der Waals surface area contributed by atoms with Crippen LogP contribution in [-0.4, -0.2) is 34.4 Å². The van der Waals surface area contributed by atoms with Crippen molar-refractivity contribution in [3.05, 3.63) is 53.6 Å². The minimum atomic E-state index is -0.0576. The number of amides is 1. The number of rotatable bonds is 3. The van der Waals surface area contributed by atoms with Crippen molar-refractivity contribution in [2.24, 2.45) is 0 Å². The molecule has 0 radical (unpaired) electrons. The fourth-order valence-corrected chi connectivity index (χ4v) is 2.86. The van der Waals surface area contributed by atoms with Gasteiger partial charge in [-0.3, -0.25) is 9.78 Å². The normalized spacial score (nSPS) is 17.5. The Balaban J connectivity index is 1.86. The van der Waals surface area contributed by atoms with Gasteiger partial charge in [-0.15, -0.1) is 0 Å². The Hall–Kier alpha value is -2.43. The number of nitrogens with zero attached hydrogens (tertiary/aromatic N) is 3. The molecule has 1 aliphatic rings. The monoisotopic (exact) mass is 297 g/mol. The summed E-state index contributed by atoms with van der Waals surface area (Å²) >= 11 is 0. The summed E-state index contributed by atoms with van der Waals surface area (Å²) < 4.78 is 5.28. The van der Waals surface area contributed by atoms with Crippen molar-refractivity contribution in [3.63, 3.8) is 0 Å². The van der Waals surface area contributed by atoms with E-state index in [1.807, 2.05) is 36.1 Å². The van der Waals surface area contributed by atoms with Crippen molar-refractivity contribution in [1.29, 1.82) is 0 Å². The summed E-state index contributed by atoms with van der Waals surface area (Å²) in [6.07, 6.45) is 5.13. The van der Waals surface area contributed by atoms with Gasteiger partial charge in [-0.1, -0.05) is 12.1 Å². The summed E-state index contributed by atoms with van der Waals surface area (Å²) in [7, 11) is 1.65. The lowest BCUT2D eigenvalue weighted by atomic mass is 10.0. The van der Waals surface area contributed by atoms with Crippen LogP contribution in [0.25, 0.3) is 0 Å². The highest BCUT2D eigenvalue weighted by Crippen LogP contribution is 2.34. The second kappa shape index (κ2) is 6.13. The van der Waals surface area contributed by atoms with Crippen molar-refractivity contribution in [1.82, 2.24) is 14.9 Å². The highest BCUT2D eigenvalue weighted by molar-refractivity contribution is 5.92. The Bertz CT molecular complexity index is 670. The molecule has 1 unspecified atom stereocenters. The van der Waals surface area contributed by atoms with Crippen LogP contribution in [0, 0.1) is 6.92 Å². The molecule has 1 aromatic carbocycles. The fourth-order valence-electron chi connectivity index (χ4n) is 2.86. The number of benzene rings is 1. The molecule has 22 heavy (non-hydrogen) atoms. The molecule has 114 valence electrons. The van der Waals surface area contributed by atoms with E-state index in [1.165, 1.54) is 0 Å². The zero-order chi connectivity index (χ0) is 15.5. The van der Waals surface area contributed by atoms with Crippen LogP contribution in [0.1, 0.15) is 40.6 Å². The predicted octanol–water partition coefficient (Wildman–Crippen LogP) is 2.77. The standard InChI is InChI=1S/C17H19N3O2/c1-12-10-19-15(11-18-12)17(21)20-8-4-7-16(20)13-5-3-6-14(9-13)22-2/h3,5-6,9-11,16H,4,7-8H2,1-2H3. The summed E-state index contributed by atoms with van der Waals surface area (Å²) in [4.78, 5) is 22.9. The molecule has 0 saturated carbocycles. The van der Waals surface area contributed by atoms with Gasteiger partial charge >= 0.3 is 0 Å². The first-order valence-electron chi connectivity index (χ1n) is 7.42. The molecule has 1 saturated heterocycles. The zero-order valence-electron chi connectivity index (χ0n) is 12.8. The number of carbonyl (C=O) groups excluding carboxylic acids is 1. The molecule has 1 atom stereocenters. The maximum atomic E-state index is 12.7. The molecule has 0 bridgehead atoms. The molecular formula is C17H19N3O2. The average molecular weight is 297 g/mol. The largest absolute Gasteiger partial charge is 0.497 e. The van der Waals surface area contributed by atoms with E-state index in [1.54, 1.807) is 19.5 Å². The lowest BCUT2D eigenvalue weighted by molar-refractivity contribution is 0.0729. The maximum Gasteiger partial charge on any atom is 0.274 e. The molecule has 2 heterocycles. The number of aryl methyl sites for hydroxylation is 1. The number of aromatic nitrogens is 2. The molecule has 0 spiro atoms. The molecule has 5 heteroatoms. The SMILES string of the molecule is COc1cccc(C2CCCN2C(=O)c2cnc(C)cn2)c1. The van der Waals surface area contributed by atoms with E-state index in [0.717, 1.165) is 36.4 Å². The molecular weight excluding hydrogens is 278 g/mol. The van der Waals surface area contributed by atoms with Gasteiger partial charge in [0.1, 0.15) is 11.4 Å². The van der Waals surface area contributed by atoms with Gasteiger partial charge in [0.2, 0.25) is 0 Å². The number of ether oxygens (including phenoxy) is 1. The first-order chi connectivity index (χ1) is 10.7. The van der Waals surface area contributed by atoms with E-state index in [2.05, 4.69) is 9.97 Å². The second-order valence-electron chi connectivity index (χ2n) is 5.48. The lowest BCUT2D eigenvalue weighted by Crippen LogP contribution is -2.31. The molecule has 1 aliphatic heterocycles. The Labute approximate surface area is 130 Å². The van der Waals surface area contributed by atoms with E-state index in [-0.39, 0.29) is 11.9 Å². The van der Waals surface area contributed by atoms with E-state index in [4.69, 9.17) is 4.74 Å². The van der Waals surface area contributed by atoms with Gasteiger partial charge in [-0.05, 0) is 37.5 Å². The highest BCUT2D eigenvalue weighted by atomic mass is 16.5. The fraction of sp³-hybridized carbons (Fsp3) is 0.353. The molecule has 1 amide bonds. The van der Waals surface area contributed by atoms with Crippen LogP contribution in [-0.2, 0) is 0 Å². The highest BCUT2D eigenvalue weighted by Gasteiger charge is 2.31. The summed E-state index contributed by atoms with van der Waals surface area (Å²) in [5.74, 6) is 0.754. The third-order valence-electron chi connectivity index (χ3n) is 3.99. The lowest BCUT2D eigenvalue weighted by Gasteiger charge is -2.25. The first-order valence-corrected chi connectivity index (χ1v) is 7.42. The molecule has 3 rings (SSSR count). The van der Waals surface area contributed by atoms with Crippen molar-refractivity contribution in [3.8, 4) is 5.75 Å². The van der Waals surface area contributed by atoms with Gasteiger partial charge in [0.25, 0.3) is 5.91 Å². The van der Waals surface area contributed by atoms with Gasteiger partial charge in [0, 0.05) is 12.7 Å². The summed E-state index contributed by atoms with van der Waals surface area (Å²) in [5, 5.41) is 0. The molecule has 0 N–H and O–H groups in total. The number of methoxy groups -OCH3 is 1. The summed E-state index contributed by atoms with van der Waals surface area (Å²) in [6.45, 7) is 2.60. The molecule has 5 nitrogen and oxygen atoms in total. The van der Waals surface area contributed by atoms with E-state index in [9.17, 15) is 4.79 Å². The summed E-state index contributed by atoms with van der Waals surface area (Å²) in [5.41, 5.74) is 2.31.